The molecule has 2 N–H and O–H groups in total. The van der Waals surface area contributed by atoms with E-state index in [0.29, 0.717) is 6.61 Å². The van der Waals surface area contributed by atoms with Gasteiger partial charge in [0.2, 0.25) is 0 Å². The van der Waals surface area contributed by atoms with Gasteiger partial charge in [-0.1, -0.05) is 26.8 Å². The van der Waals surface area contributed by atoms with Crippen molar-refractivity contribution < 1.29 is 4.74 Å². The first kappa shape index (κ1) is 18.3. The third-order valence-electron chi connectivity index (χ3n) is 3.09. The highest BCUT2D eigenvalue weighted by Gasteiger charge is 2.20. The van der Waals surface area contributed by atoms with Gasteiger partial charge in [-0.3, -0.25) is 0 Å². The fraction of sp³-hybridized carbons (Fsp3) is 0.625. The van der Waals surface area contributed by atoms with Crippen molar-refractivity contribution in [2.24, 2.45) is 5.73 Å². The molecule has 2 nitrogen and oxygen atoms in total. The molecule has 0 saturated heterocycles. The number of aryl methyl sites for hydroxylation is 1. The average molecular weight is 286 g/mol. The summed E-state index contributed by atoms with van der Waals surface area (Å²) in [7, 11) is 0. The zero-order valence-electron chi connectivity index (χ0n) is 13.0. The van der Waals surface area contributed by atoms with Gasteiger partial charge >= 0.3 is 0 Å². The third-order valence-corrected chi connectivity index (χ3v) is 3.09. The molecule has 1 atom stereocenters. The Morgan fingerprint density at radius 2 is 1.84 bits per heavy atom. The Morgan fingerprint density at radius 3 is 2.26 bits per heavy atom. The van der Waals surface area contributed by atoms with Crippen LogP contribution in [0.25, 0.3) is 0 Å². The molecule has 0 radical (unpaired) electrons. The molecule has 0 aromatic heterocycles. The van der Waals surface area contributed by atoms with Crippen LogP contribution < -0.4 is 10.5 Å². The molecular weight excluding hydrogens is 258 g/mol. The Hall–Kier alpha value is -0.730. The Labute approximate surface area is 124 Å². The Bertz CT molecular complexity index is 408. The molecule has 110 valence electrons. The second-order valence-corrected chi connectivity index (χ2v) is 6.14. The molecule has 0 aliphatic rings. The lowest BCUT2D eigenvalue weighted by Gasteiger charge is -2.25. The summed E-state index contributed by atoms with van der Waals surface area (Å²) in [6.07, 6.45) is 0.918. The molecule has 19 heavy (non-hydrogen) atoms. The van der Waals surface area contributed by atoms with Crippen LogP contribution in [-0.4, -0.2) is 12.6 Å². The van der Waals surface area contributed by atoms with Gasteiger partial charge in [-0.15, -0.1) is 12.4 Å². The number of hydrogen-bond donors (Lipinski definition) is 1. The van der Waals surface area contributed by atoms with Crippen LogP contribution >= 0.6 is 12.4 Å². The number of halogens is 1. The molecule has 1 aromatic carbocycles. The van der Waals surface area contributed by atoms with Crippen molar-refractivity contribution in [3.63, 3.8) is 0 Å². The quantitative estimate of drug-likeness (QED) is 0.907. The summed E-state index contributed by atoms with van der Waals surface area (Å²) >= 11 is 0. The zero-order valence-corrected chi connectivity index (χ0v) is 13.9. The van der Waals surface area contributed by atoms with E-state index >= 15 is 0 Å². The van der Waals surface area contributed by atoms with Gasteiger partial charge in [-0.05, 0) is 55.4 Å². The summed E-state index contributed by atoms with van der Waals surface area (Å²) in [5.74, 6) is 1.01. The minimum Gasteiger partial charge on any atom is -0.494 e. The highest BCUT2D eigenvalue weighted by molar-refractivity contribution is 5.85. The lowest BCUT2D eigenvalue weighted by molar-refractivity contribution is 0.329. The third kappa shape index (κ3) is 5.04. The number of benzene rings is 1. The van der Waals surface area contributed by atoms with E-state index in [9.17, 15) is 0 Å². The summed E-state index contributed by atoms with van der Waals surface area (Å²) in [6, 6.07) is 4.61. The SMILES string of the molecule is CCOc1cc(C)c(CC(C)N)cc1C(C)(C)C.Cl. The van der Waals surface area contributed by atoms with Crippen LogP contribution in [0.1, 0.15) is 51.3 Å². The molecule has 0 aliphatic heterocycles. The van der Waals surface area contributed by atoms with Crippen LogP contribution in [-0.2, 0) is 11.8 Å². The number of hydrogen-bond acceptors (Lipinski definition) is 2. The molecule has 0 amide bonds. The van der Waals surface area contributed by atoms with Gasteiger partial charge in [0.15, 0.2) is 0 Å². The maximum absolute atomic E-state index is 5.92. The molecule has 0 saturated carbocycles. The summed E-state index contributed by atoms with van der Waals surface area (Å²) in [5.41, 5.74) is 9.87. The maximum atomic E-state index is 5.92. The van der Waals surface area contributed by atoms with E-state index in [1.807, 2.05) is 13.8 Å². The fourth-order valence-electron chi connectivity index (χ4n) is 2.15. The molecule has 1 rings (SSSR count). The van der Waals surface area contributed by atoms with E-state index in [-0.39, 0.29) is 23.9 Å². The van der Waals surface area contributed by atoms with Crippen molar-refractivity contribution in [3.05, 3.63) is 28.8 Å². The van der Waals surface area contributed by atoms with Crippen LogP contribution in [0.15, 0.2) is 12.1 Å². The van der Waals surface area contributed by atoms with Crippen LogP contribution in [0.4, 0.5) is 0 Å². The number of nitrogens with two attached hydrogens (primary N) is 1. The predicted octanol–water partition coefficient (Wildman–Crippen LogP) is 4.00. The van der Waals surface area contributed by atoms with Crippen LogP contribution in [0.5, 0.6) is 5.75 Å². The first-order chi connectivity index (χ1) is 8.25. The maximum Gasteiger partial charge on any atom is 0.123 e. The molecule has 0 fully saturated rings. The largest absolute Gasteiger partial charge is 0.494 e. The topological polar surface area (TPSA) is 35.2 Å². The molecule has 0 heterocycles. The normalized spacial score (nSPS) is 12.8. The van der Waals surface area contributed by atoms with E-state index in [2.05, 4.69) is 39.8 Å². The summed E-state index contributed by atoms with van der Waals surface area (Å²) in [4.78, 5) is 0. The highest BCUT2D eigenvalue weighted by Crippen LogP contribution is 2.34. The van der Waals surface area contributed by atoms with E-state index in [4.69, 9.17) is 10.5 Å². The van der Waals surface area contributed by atoms with E-state index in [1.54, 1.807) is 0 Å². The lowest BCUT2D eigenvalue weighted by atomic mass is 9.83. The van der Waals surface area contributed by atoms with Crippen molar-refractivity contribution in [1.29, 1.82) is 0 Å². The highest BCUT2D eigenvalue weighted by atomic mass is 35.5. The molecule has 3 heteroatoms. The molecule has 0 bridgehead atoms. The van der Waals surface area contributed by atoms with Crippen molar-refractivity contribution >= 4 is 12.4 Å². The van der Waals surface area contributed by atoms with Crippen molar-refractivity contribution in [2.75, 3.05) is 6.61 Å². The van der Waals surface area contributed by atoms with Crippen LogP contribution in [0.2, 0.25) is 0 Å². The van der Waals surface area contributed by atoms with Crippen LogP contribution in [0, 0.1) is 6.92 Å². The Balaban J connectivity index is 0.00000324. The molecule has 0 spiro atoms. The first-order valence-electron chi connectivity index (χ1n) is 6.78. The zero-order chi connectivity index (χ0) is 13.9. The summed E-state index contributed by atoms with van der Waals surface area (Å²) in [5, 5.41) is 0. The van der Waals surface area contributed by atoms with Gasteiger partial charge in [0.05, 0.1) is 6.61 Å². The first-order valence-corrected chi connectivity index (χ1v) is 6.78. The number of rotatable bonds is 4. The second kappa shape index (κ2) is 7.16. The van der Waals surface area contributed by atoms with Gasteiger partial charge in [-0.2, -0.15) is 0 Å². The predicted molar refractivity (Wildman–Crippen MR) is 85.6 cm³/mol. The van der Waals surface area contributed by atoms with E-state index in [1.165, 1.54) is 16.7 Å². The van der Waals surface area contributed by atoms with Gasteiger partial charge in [-0.25, -0.2) is 0 Å². The second-order valence-electron chi connectivity index (χ2n) is 6.14. The Kier molecular flexibility index (Phi) is 6.88. The monoisotopic (exact) mass is 285 g/mol. The Morgan fingerprint density at radius 1 is 1.26 bits per heavy atom. The minimum absolute atomic E-state index is 0. The van der Waals surface area contributed by atoms with Gasteiger partial charge < -0.3 is 10.5 Å². The van der Waals surface area contributed by atoms with Crippen molar-refractivity contribution in [3.8, 4) is 5.75 Å². The molecule has 1 aromatic rings. The molecular formula is C16H28ClNO. The smallest absolute Gasteiger partial charge is 0.123 e. The van der Waals surface area contributed by atoms with Crippen LogP contribution in [0.3, 0.4) is 0 Å². The van der Waals surface area contributed by atoms with Crippen molar-refractivity contribution in [1.82, 2.24) is 0 Å². The lowest BCUT2D eigenvalue weighted by Crippen LogP contribution is -2.20. The van der Waals surface area contributed by atoms with E-state index < -0.39 is 0 Å². The van der Waals surface area contributed by atoms with Gasteiger partial charge in [0.25, 0.3) is 0 Å². The number of ether oxygens (including phenoxy) is 1. The fourth-order valence-corrected chi connectivity index (χ4v) is 2.15. The summed E-state index contributed by atoms with van der Waals surface area (Å²) in [6.45, 7) is 13.6. The van der Waals surface area contributed by atoms with Gasteiger partial charge in [0, 0.05) is 6.04 Å². The molecule has 1 unspecified atom stereocenters. The van der Waals surface area contributed by atoms with E-state index in [0.717, 1.165) is 12.2 Å². The van der Waals surface area contributed by atoms with Gasteiger partial charge in [0.1, 0.15) is 5.75 Å². The summed E-state index contributed by atoms with van der Waals surface area (Å²) < 4.78 is 5.77. The average Bonchev–Trinajstić information content (AvgIpc) is 2.20. The minimum atomic E-state index is 0. The molecule has 0 aliphatic carbocycles. The standard InChI is InChI=1S/C16H27NO.ClH/c1-7-18-15-8-11(2)13(9-12(3)17)10-14(15)16(4,5)6;/h8,10,12H,7,9,17H2,1-6H3;1H. The van der Waals surface area contributed by atoms with Crippen molar-refractivity contribution in [2.45, 2.75) is 59.4 Å².